The summed E-state index contributed by atoms with van der Waals surface area (Å²) in [6.45, 7) is 3.83. The Hall–Kier alpha value is -3.26. The third kappa shape index (κ3) is 5.39. The maximum Gasteiger partial charge on any atom is 0.227 e. The SMILES string of the molecule is CCCS(=O)(=O)c1ccccc1CCc1nc(Nc2ccc3c(c2)CCC(=O)N3)ncc1C. The molecule has 4 rings (SSSR count). The Morgan fingerprint density at radius 1 is 1.09 bits per heavy atom. The topological polar surface area (TPSA) is 101 Å². The molecule has 0 saturated carbocycles. The van der Waals surface area contributed by atoms with Gasteiger partial charge >= 0.3 is 0 Å². The number of hydrogen-bond donors (Lipinski definition) is 2. The van der Waals surface area contributed by atoms with Crippen molar-refractivity contribution in [2.24, 2.45) is 0 Å². The van der Waals surface area contributed by atoms with Gasteiger partial charge in [-0.05, 0) is 73.6 Å². The smallest absolute Gasteiger partial charge is 0.227 e. The number of sulfone groups is 1. The zero-order valence-corrected chi connectivity index (χ0v) is 19.7. The van der Waals surface area contributed by atoms with Gasteiger partial charge in [0, 0.05) is 29.7 Å². The number of hydrogen-bond acceptors (Lipinski definition) is 6. The number of aromatic nitrogens is 2. The van der Waals surface area contributed by atoms with E-state index < -0.39 is 9.84 Å². The quantitative estimate of drug-likeness (QED) is 0.513. The van der Waals surface area contributed by atoms with Crippen molar-refractivity contribution in [3.05, 3.63) is 71.0 Å². The van der Waals surface area contributed by atoms with Crippen molar-refractivity contribution in [2.45, 2.75) is 50.8 Å². The van der Waals surface area contributed by atoms with Crippen LogP contribution in [0.3, 0.4) is 0 Å². The molecular formula is C25H28N4O3S. The third-order valence-electron chi connectivity index (χ3n) is 5.75. The van der Waals surface area contributed by atoms with Crippen LogP contribution in [-0.4, -0.2) is 30.0 Å². The molecule has 172 valence electrons. The first kappa shape index (κ1) is 22.9. The highest BCUT2D eigenvalue weighted by Gasteiger charge is 2.18. The van der Waals surface area contributed by atoms with Crippen molar-refractivity contribution in [3.8, 4) is 0 Å². The van der Waals surface area contributed by atoms with E-state index >= 15 is 0 Å². The van der Waals surface area contributed by atoms with Gasteiger partial charge in [0.2, 0.25) is 11.9 Å². The van der Waals surface area contributed by atoms with Crippen LogP contribution >= 0.6 is 0 Å². The Morgan fingerprint density at radius 3 is 2.73 bits per heavy atom. The Bertz CT molecular complexity index is 1290. The van der Waals surface area contributed by atoms with Crippen LogP contribution in [0.25, 0.3) is 0 Å². The number of fused-ring (bicyclic) bond motifs is 1. The summed E-state index contributed by atoms with van der Waals surface area (Å²) in [7, 11) is -3.29. The normalized spacial score (nSPS) is 13.3. The highest BCUT2D eigenvalue weighted by molar-refractivity contribution is 7.91. The summed E-state index contributed by atoms with van der Waals surface area (Å²) in [4.78, 5) is 21.1. The van der Waals surface area contributed by atoms with Crippen LogP contribution in [0.15, 0.2) is 53.6 Å². The van der Waals surface area contributed by atoms with E-state index in [0.717, 1.165) is 33.8 Å². The number of amides is 1. The summed E-state index contributed by atoms with van der Waals surface area (Å²) in [5.74, 6) is 0.677. The molecule has 1 aliphatic heterocycles. The van der Waals surface area contributed by atoms with Gasteiger partial charge in [-0.3, -0.25) is 4.79 Å². The molecule has 7 nitrogen and oxygen atoms in total. The molecule has 0 fully saturated rings. The molecule has 8 heteroatoms. The first-order valence-electron chi connectivity index (χ1n) is 11.2. The molecule has 2 N–H and O–H groups in total. The summed E-state index contributed by atoms with van der Waals surface area (Å²) < 4.78 is 25.3. The fourth-order valence-electron chi connectivity index (χ4n) is 4.03. The van der Waals surface area contributed by atoms with Gasteiger partial charge in [0.15, 0.2) is 9.84 Å². The number of carbonyl (C=O) groups is 1. The molecule has 1 aromatic heterocycles. The maximum absolute atomic E-state index is 12.6. The molecule has 0 radical (unpaired) electrons. The average molecular weight is 465 g/mol. The van der Waals surface area contributed by atoms with Gasteiger partial charge in [0.25, 0.3) is 0 Å². The van der Waals surface area contributed by atoms with Crippen molar-refractivity contribution in [2.75, 3.05) is 16.4 Å². The molecule has 0 spiro atoms. The second-order valence-corrected chi connectivity index (χ2v) is 10.4. The second-order valence-electron chi connectivity index (χ2n) is 8.30. The molecule has 33 heavy (non-hydrogen) atoms. The van der Waals surface area contributed by atoms with E-state index in [1.165, 1.54) is 0 Å². The molecule has 3 aromatic rings. The third-order valence-corrected chi connectivity index (χ3v) is 7.76. The number of anilines is 3. The lowest BCUT2D eigenvalue weighted by Gasteiger charge is -2.18. The zero-order chi connectivity index (χ0) is 23.4. The van der Waals surface area contributed by atoms with Gasteiger partial charge in [-0.15, -0.1) is 0 Å². The average Bonchev–Trinajstić information content (AvgIpc) is 2.79. The number of carbonyl (C=O) groups excluding carboxylic acids is 1. The van der Waals surface area contributed by atoms with Gasteiger partial charge in [-0.25, -0.2) is 18.4 Å². The van der Waals surface area contributed by atoms with E-state index in [-0.39, 0.29) is 11.7 Å². The maximum atomic E-state index is 12.6. The second kappa shape index (κ2) is 9.70. The minimum Gasteiger partial charge on any atom is -0.326 e. The molecule has 1 aliphatic rings. The van der Waals surface area contributed by atoms with Gasteiger partial charge in [-0.1, -0.05) is 25.1 Å². The lowest BCUT2D eigenvalue weighted by molar-refractivity contribution is -0.116. The molecule has 0 atom stereocenters. The van der Waals surface area contributed by atoms with Gasteiger partial charge in [0.1, 0.15) is 0 Å². The van der Waals surface area contributed by atoms with E-state index in [9.17, 15) is 13.2 Å². The molecule has 0 saturated heterocycles. The van der Waals surface area contributed by atoms with Gasteiger partial charge in [-0.2, -0.15) is 0 Å². The molecule has 1 amide bonds. The largest absolute Gasteiger partial charge is 0.326 e. The molecule has 0 bridgehead atoms. The predicted octanol–water partition coefficient (Wildman–Crippen LogP) is 4.38. The fourth-order valence-corrected chi connectivity index (χ4v) is 5.64. The molecule has 2 heterocycles. The van der Waals surface area contributed by atoms with E-state index in [2.05, 4.69) is 15.6 Å². The van der Waals surface area contributed by atoms with Crippen LogP contribution in [0.5, 0.6) is 0 Å². The molecule has 2 aromatic carbocycles. The monoisotopic (exact) mass is 464 g/mol. The van der Waals surface area contributed by atoms with E-state index in [4.69, 9.17) is 4.98 Å². The number of nitrogens with zero attached hydrogens (tertiary/aromatic N) is 2. The summed E-state index contributed by atoms with van der Waals surface area (Å²) in [5.41, 5.74) is 5.43. The van der Waals surface area contributed by atoms with Gasteiger partial charge in [0.05, 0.1) is 10.6 Å². The number of rotatable bonds is 8. The zero-order valence-electron chi connectivity index (χ0n) is 18.9. The van der Waals surface area contributed by atoms with E-state index in [0.29, 0.717) is 42.9 Å². The molecular weight excluding hydrogens is 436 g/mol. The number of benzene rings is 2. The molecule has 0 aliphatic carbocycles. The van der Waals surface area contributed by atoms with Crippen LogP contribution in [0.1, 0.15) is 42.1 Å². The summed E-state index contributed by atoms with van der Waals surface area (Å²) in [5, 5.41) is 6.13. The first-order chi connectivity index (χ1) is 15.9. The van der Waals surface area contributed by atoms with Crippen LogP contribution in [0.4, 0.5) is 17.3 Å². The number of aryl methyl sites for hydroxylation is 4. The Labute approximate surface area is 194 Å². The lowest BCUT2D eigenvalue weighted by atomic mass is 10.0. The Balaban J connectivity index is 1.51. The standard InChI is InChI=1S/C25H28N4O3S/c1-3-14-33(31,32)23-7-5-4-6-18(23)8-11-21-17(2)16-26-25(29-21)27-20-10-12-22-19(15-20)9-13-24(30)28-22/h4-7,10,12,15-16H,3,8-9,11,13-14H2,1-2H3,(H,28,30)(H,26,27,29). The van der Waals surface area contributed by atoms with Crippen LogP contribution < -0.4 is 10.6 Å². The van der Waals surface area contributed by atoms with E-state index in [1.807, 2.05) is 44.2 Å². The minimum absolute atomic E-state index is 0.0405. The van der Waals surface area contributed by atoms with Crippen LogP contribution in [-0.2, 0) is 33.9 Å². The summed E-state index contributed by atoms with van der Waals surface area (Å²) in [6, 6.07) is 13.0. The Morgan fingerprint density at radius 2 is 1.91 bits per heavy atom. The predicted molar refractivity (Wildman–Crippen MR) is 130 cm³/mol. The van der Waals surface area contributed by atoms with Crippen LogP contribution in [0.2, 0.25) is 0 Å². The van der Waals surface area contributed by atoms with Gasteiger partial charge < -0.3 is 10.6 Å². The number of nitrogens with one attached hydrogen (secondary N) is 2. The minimum atomic E-state index is -3.29. The van der Waals surface area contributed by atoms with Crippen molar-refractivity contribution in [3.63, 3.8) is 0 Å². The van der Waals surface area contributed by atoms with Crippen molar-refractivity contribution in [1.29, 1.82) is 0 Å². The summed E-state index contributed by atoms with van der Waals surface area (Å²) in [6.07, 6.45) is 4.75. The van der Waals surface area contributed by atoms with Crippen molar-refractivity contribution in [1.82, 2.24) is 9.97 Å². The Kier molecular flexibility index (Phi) is 6.74. The lowest BCUT2D eigenvalue weighted by Crippen LogP contribution is -2.18. The highest BCUT2D eigenvalue weighted by atomic mass is 32.2. The fraction of sp³-hybridized carbons (Fsp3) is 0.320. The van der Waals surface area contributed by atoms with Crippen LogP contribution in [0, 0.1) is 6.92 Å². The molecule has 0 unspecified atom stereocenters. The van der Waals surface area contributed by atoms with E-state index in [1.54, 1.807) is 18.3 Å². The first-order valence-corrected chi connectivity index (χ1v) is 12.8. The highest BCUT2D eigenvalue weighted by Crippen LogP contribution is 2.27. The van der Waals surface area contributed by atoms with Crippen molar-refractivity contribution >= 4 is 33.1 Å². The van der Waals surface area contributed by atoms with Crippen molar-refractivity contribution < 1.29 is 13.2 Å². The summed E-state index contributed by atoms with van der Waals surface area (Å²) >= 11 is 0.